The van der Waals surface area contributed by atoms with E-state index in [0.29, 0.717) is 44.1 Å². The van der Waals surface area contributed by atoms with Gasteiger partial charge in [-0.3, -0.25) is 9.59 Å². The molecule has 0 aliphatic rings. The highest BCUT2D eigenvalue weighted by Crippen LogP contribution is 2.36. The van der Waals surface area contributed by atoms with Crippen molar-refractivity contribution in [1.29, 1.82) is 0 Å². The van der Waals surface area contributed by atoms with E-state index in [1.807, 2.05) is 6.07 Å². The predicted octanol–water partition coefficient (Wildman–Crippen LogP) is 5.35. The number of ether oxygens (including phenoxy) is 3. The quantitative estimate of drug-likeness (QED) is 0.396. The molecule has 0 saturated carbocycles. The third kappa shape index (κ3) is 6.34. The number of anilines is 2. The van der Waals surface area contributed by atoms with Crippen LogP contribution in [0.2, 0.25) is 5.02 Å². The van der Waals surface area contributed by atoms with Crippen molar-refractivity contribution in [3.63, 3.8) is 0 Å². The highest BCUT2D eigenvalue weighted by Gasteiger charge is 2.17. The van der Waals surface area contributed by atoms with Gasteiger partial charge in [0, 0.05) is 22.7 Å². The van der Waals surface area contributed by atoms with Crippen LogP contribution in [-0.2, 0) is 4.79 Å². The first-order valence-electron chi connectivity index (χ1n) is 9.83. The molecule has 0 aromatic heterocycles. The van der Waals surface area contributed by atoms with Gasteiger partial charge in [0.1, 0.15) is 17.2 Å². The van der Waals surface area contributed by atoms with E-state index in [9.17, 15) is 9.59 Å². The molecular formula is C24H23ClN2O5S. The summed E-state index contributed by atoms with van der Waals surface area (Å²) in [4.78, 5) is 26.1. The van der Waals surface area contributed by atoms with E-state index in [0.717, 1.165) is 0 Å². The Morgan fingerprint density at radius 2 is 1.64 bits per heavy atom. The monoisotopic (exact) mass is 486 g/mol. The van der Waals surface area contributed by atoms with Crippen molar-refractivity contribution in [3.8, 4) is 17.2 Å². The Kier molecular flexibility index (Phi) is 8.46. The largest absolute Gasteiger partial charge is 0.497 e. The highest BCUT2D eigenvalue weighted by molar-refractivity contribution is 8.00. The molecule has 2 amide bonds. The third-order valence-corrected chi connectivity index (χ3v) is 5.93. The van der Waals surface area contributed by atoms with E-state index in [4.69, 9.17) is 25.8 Å². The van der Waals surface area contributed by atoms with E-state index < -0.39 is 0 Å². The van der Waals surface area contributed by atoms with E-state index in [-0.39, 0.29) is 17.6 Å². The number of thioether (sulfide) groups is 1. The zero-order valence-electron chi connectivity index (χ0n) is 18.3. The summed E-state index contributed by atoms with van der Waals surface area (Å²) in [5.41, 5.74) is 1.46. The molecule has 0 spiro atoms. The predicted molar refractivity (Wildman–Crippen MR) is 131 cm³/mol. The highest BCUT2D eigenvalue weighted by atomic mass is 35.5. The maximum Gasteiger partial charge on any atom is 0.256 e. The zero-order valence-corrected chi connectivity index (χ0v) is 19.9. The summed E-state index contributed by atoms with van der Waals surface area (Å²) in [7, 11) is 4.55. The Hall–Kier alpha value is -3.36. The second-order valence-electron chi connectivity index (χ2n) is 6.71. The Bertz CT molecular complexity index is 1160. The van der Waals surface area contributed by atoms with Gasteiger partial charge in [0.15, 0.2) is 0 Å². The molecule has 7 nitrogen and oxygen atoms in total. The molecule has 0 atom stereocenters. The fraction of sp³-hybridized carbons (Fsp3) is 0.167. The molecule has 0 saturated heterocycles. The van der Waals surface area contributed by atoms with Crippen molar-refractivity contribution in [2.45, 2.75) is 4.90 Å². The minimum absolute atomic E-state index is 0.124. The molecule has 2 N–H and O–H groups in total. The number of nitrogens with one attached hydrogen (secondary N) is 2. The standard InChI is InChI=1S/C24H23ClN2O5S/c1-30-16-8-6-7-15(11-16)26-23(28)14-33-22-10-5-4-9-17(22)24(29)27-19-12-18(25)20(31-2)13-21(19)32-3/h4-13H,14H2,1-3H3,(H,26,28)(H,27,29). The van der Waals surface area contributed by atoms with Gasteiger partial charge in [-0.05, 0) is 30.3 Å². The van der Waals surface area contributed by atoms with Gasteiger partial charge in [-0.1, -0.05) is 29.8 Å². The molecule has 3 aromatic rings. The van der Waals surface area contributed by atoms with Crippen LogP contribution in [0.15, 0.2) is 65.6 Å². The van der Waals surface area contributed by atoms with Crippen LogP contribution in [0.1, 0.15) is 10.4 Å². The van der Waals surface area contributed by atoms with Gasteiger partial charge >= 0.3 is 0 Å². The summed E-state index contributed by atoms with van der Waals surface area (Å²) in [6.07, 6.45) is 0. The number of benzene rings is 3. The van der Waals surface area contributed by atoms with Crippen molar-refractivity contribution < 1.29 is 23.8 Å². The minimum atomic E-state index is -0.356. The van der Waals surface area contributed by atoms with E-state index >= 15 is 0 Å². The third-order valence-electron chi connectivity index (χ3n) is 4.57. The SMILES string of the molecule is COc1cccc(NC(=O)CSc2ccccc2C(=O)Nc2cc(Cl)c(OC)cc2OC)c1. The second-order valence-corrected chi connectivity index (χ2v) is 8.13. The Morgan fingerprint density at radius 1 is 0.879 bits per heavy atom. The van der Waals surface area contributed by atoms with E-state index in [2.05, 4.69) is 10.6 Å². The number of rotatable bonds is 9. The summed E-state index contributed by atoms with van der Waals surface area (Å²) in [5, 5.41) is 5.98. The number of carbonyl (C=O) groups is 2. The molecular weight excluding hydrogens is 464 g/mol. The normalized spacial score (nSPS) is 10.3. The summed E-state index contributed by atoms with van der Waals surface area (Å²) in [6.45, 7) is 0. The zero-order chi connectivity index (χ0) is 23.8. The second kappa shape index (κ2) is 11.5. The lowest BCUT2D eigenvalue weighted by Gasteiger charge is -2.14. The molecule has 172 valence electrons. The molecule has 3 aromatic carbocycles. The number of methoxy groups -OCH3 is 3. The first-order valence-corrected chi connectivity index (χ1v) is 11.2. The Labute approximate surface area is 201 Å². The molecule has 0 unspecified atom stereocenters. The smallest absolute Gasteiger partial charge is 0.256 e. The first-order chi connectivity index (χ1) is 15.9. The van der Waals surface area contributed by atoms with Crippen molar-refractivity contribution in [3.05, 3.63) is 71.2 Å². The van der Waals surface area contributed by atoms with Gasteiger partial charge in [-0.2, -0.15) is 0 Å². The summed E-state index contributed by atoms with van der Waals surface area (Å²) in [6, 6.07) is 17.3. The lowest BCUT2D eigenvalue weighted by molar-refractivity contribution is -0.113. The molecule has 0 heterocycles. The average Bonchev–Trinajstić information content (AvgIpc) is 2.83. The maximum absolute atomic E-state index is 13.0. The number of hydrogen-bond donors (Lipinski definition) is 2. The van der Waals surface area contributed by atoms with Crippen molar-refractivity contribution in [2.75, 3.05) is 37.7 Å². The molecule has 33 heavy (non-hydrogen) atoms. The van der Waals surface area contributed by atoms with Crippen molar-refractivity contribution in [2.24, 2.45) is 0 Å². The van der Waals surface area contributed by atoms with Crippen LogP contribution in [-0.4, -0.2) is 38.9 Å². The minimum Gasteiger partial charge on any atom is -0.497 e. The van der Waals surface area contributed by atoms with Crippen LogP contribution >= 0.6 is 23.4 Å². The van der Waals surface area contributed by atoms with Crippen molar-refractivity contribution >= 4 is 46.6 Å². The van der Waals surface area contributed by atoms with Gasteiger partial charge in [0.05, 0.1) is 43.4 Å². The molecule has 0 fully saturated rings. The van der Waals surface area contributed by atoms with Crippen molar-refractivity contribution in [1.82, 2.24) is 0 Å². The van der Waals surface area contributed by atoms with Crippen LogP contribution in [0.3, 0.4) is 0 Å². The molecule has 0 aliphatic carbocycles. The van der Waals surface area contributed by atoms with Gasteiger partial charge in [-0.15, -0.1) is 11.8 Å². The lowest BCUT2D eigenvalue weighted by Crippen LogP contribution is -2.16. The van der Waals surface area contributed by atoms with Crippen LogP contribution in [0.25, 0.3) is 0 Å². The topological polar surface area (TPSA) is 85.9 Å². The average molecular weight is 487 g/mol. The van der Waals surface area contributed by atoms with Crippen LogP contribution in [0.4, 0.5) is 11.4 Å². The number of halogens is 1. The lowest BCUT2D eigenvalue weighted by atomic mass is 10.2. The van der Waals surface area contributed by atoms with Gasteiger partial charge < -0.3 is 24.8 Å². The summed E-state index contributed by atoms with van der Waals surface area (Å²) in [5.74, 6) is 1.06. The number of carbonyl (C=O) groups excluding carboxylic acids is 2. The van der Waals surface area contributed by atoms with Gasteiger partial charge in [0.2, 0.25) is 5.91 Å². The first kappa shape index (κ1) is 24.3. The number of amides is 2. The van der Waals surface area contributed by atoms with Crippen LogP contribution < -0.4 is 24.8 Å². The summed E-state index contributed by atoms with van der Waals surface area (Å²) >= 11 is 7.46. The molecule has 9 heteroatoms. The van der Waals surface area contributed by atoms with E-state index in [1.54, 1.807) is 61.7 Å². The van der Waals surface area contributed by atoms with Crippen LogP contribution in [0, 0.1) is 0 Å². The van der Waals surface area contributed by atoms with E-state index in [1.165, 1.54) is 26.0 Å². The summed E-state index contributed by atoms with van der Waals surface area (Å²) < 4.78 is 15.7. The molecule has 3 rings (SSSR count). The van der Waals surface area contributed by atoms with Crippen LogP contribution in [0.5, 0.6) is 17.2 Å². The van der Waals surface area contributed by atoms with Gasteiger partial charge in [-0.25, -0.2) is 0 Å². The molecule has 0 aliphatic heterocycles. The number of hydrogen-bond acceptors (Lipinski definition) is 6. The Morgan fingerprint density at radius 3 is 2.36 bits per heavy atom. The fourth-order valence-electron chi connectivity index (χ4n) is 2.97. The maximum atomic E-state index is 13.0. The van der Waals surface area contributed by atoms with Gasteiger partial charge in [0.25, 0.3) is 5.91 Å². The fourth-order valence-corrected chi connectivity index (χ4v) is 4.06. The Balaban J connectivity index is 1.70. The molecule has 0 bridgehead atoms. The molecule has 0 radical (unpaired) electrons.